The Morgan fingerprint density at radius 2 is 1.50 bits per heavy atom. The van der Waals surface area contributed by atoms with Crippen molar-refractivity contribution in [3.63, 3.8) is 0 Å². The summed E-state index contributed by atoms with van der Waals surface area (Å²) in [4.78, 5) is 4.51. The SMILES string of the molecule is Nc1ccc(C(Cc2ccccc2)(N[C@@H](O)Nc2ccccc2)c2ccc(OC(F)(F)C(F)F)cc2)nc1. The fourth-order valence-corrected chi connectivity index (χ4v) is 4.08. The fourth-order valence-electron chi connectivity index (χ4n) is 4.08. The summed E-state index contributed by atoms with van der Waals surface area (Å²) in [6.07, 6.45) is -8.19. The van der Waals surface area contributed by atoms with E-state index in [-0.39, 0.29) is 6.42 Å². The van der Waals surface area contributed by atoms with Crippen LogP contribution in [0.15, 0.2) is 103 Å². The largest absolute Gasteiger partial charge is 0.461 e. The number of nitrogens with zero attached hydrogens (tertiary/aromatic N) is 1. The first-order valence-electron chi connectivity index (χ1n) is 11.7. The predicted molar refractivity (Wildman–Crippen MR) is 137 cm³/mol. The lowest BCUT2D eigenvalue weighted by atomic mass is 9.80. The predicted octanol–water partition coefficient (Wildman–Crippen LogP) is 5.36. The molecule has 6 nitrogen and oxygen atoms in total. The Kier molecular flexibility index (Phi) is 8.13. The van der Waals surface area contributed by atoms with Gasteiger partial charge in [0, 0.05) is 12.1 Å². The third-order valence-electron chi connectivity index (χ3n) is 5.85. The van der Waals surface area contributed by atoms with E-state index in [1.807, 2.05) is 48.5 Å². The summed E-state index contributed by atoms with van der Waals surface area (Å²) in [6.45, 7) is 0. The number of benzene rings is 3. The molecule has 4 aromatic rings. The number of halogens is 4. The van der Waals surface area contributed by atoms with Gasteiger partial charge in [-0.15, -0.1) is 0 Å². The Balaban J connectivity index is 1.78. The van der Waals surface area contributed by atoms with Gasteiger partial charge in [0.25, 0.3) is 0 Å². The van der Waals surface area contributed by atoms with Gasteiger partial charge in [0.1, 0.15) is 5.75 Å². The minimum Gasteiger partial charge on any atom is -0.428 e. The van der Waals surface area contributed by atoms with E-state index in [0.717, 1.165) is 5.56 Å². The van der Waals surface area contributed by atoms with Gasteiger partial charge in [-0.3, -0.25) is 10.3 Å². The number of ether oxygens (including phenoxy) is 1. The van der Waals surface area contributed by atoms with Crippen LogP contribution < -0.4 is 21.1 Å². The molecule has 38 heavy (non-hydrogen) atoms. The van der Waals surface area contributed by atoms with E-state index in [1.165, 1.54) is 30.5 Å². The second-order valence-corrected chi connectivity index (χ2v) is 8.59. The Morgan fingerprint density at radius 3 is 2.08 bits per heavy atom. The number of aromatic nitrogens is 1. The Labute approximate surface area is 217 Å². The standard InChI is InChI=1S/C28H26F4N4O2/c29-25(30)28(31,32)38-23-14-11-20(12-15-23)27(17-19-7-3-1-4-8-19,24-16-13-21(33)18-34-24)36-26(37)35-22-9-5-2-6-10-22/h1-16,18,25-26,35-37H,17,33H2/t26-,27?/m0/s1. The van der Waals surface area contributed by atoms with Crippen molar-refractivity contribution >= 4 is 11.4 Å². The lowest BCUT2D eigenvalue weighted by Gasteiger charge is -2.38. The molecular weight excluding hydrogens is 500 g/mol. The van der Waals surface area contributed by atoms with Gasteiger partial charge in [-0.2, -0.15) is 17.6 Å². The van der Waals surface area contributed by atoms with Gasteiger partial charge in [-0.25, -0.2) is 0 Å². The van der Waals surface area contributed by atoms with Gasteiger partial charge in [-0.1, -0.05) is 60.7 Å². The van der Waals surface area contributed by atoms with Crippen LogP contribution in [0.25, 0.3) is 0 Å². The highest BCUT2D eigenvalue weighted by molar-refractivity contribution is 5.46. The molecule has 0 amide bonds. The van der Waals surface area contributed by atoms with E-state index >= 15 is 0 Å². The quantitative estimate of drug-likeness (QED) is 0.155. The van der Waals surface area contributed by atoms with Crippen LogP contribution in [-0.4, -0.2) is 29.0 Å². The zero-order valence-electron chi connectivity index (χ0n) is 20.1. The van der Waals surface area contributed by atoms with Crippen LogP contribution in [0.4, 0.5) is 28.9 Å². The van der Waals surface area contributed by atoms with E-state index in [2.05, 4.69) is 20.4 Å². The van der Waals surface area contributed by atoms with E-state index in [0.29, 0.717) is 22.6 Å². The number of nitrogens with one attached hydrogen (secondary N) is 2. The highest BCUT2D eigenvalue weighted by Gasteiger charge is 2.44. The molecule has 0 aliphatic rings. The number of aliphatic hydroxyl groups excluding tert-OH is 1. The van der Waals surface area contributed by atoms with Crippen LogP contribution in [0.3, 0.4) is 0 Å². The Hall–Kier alpha value is -4.15. The normalized spacial score (nSPS) is 14.1. The molecule has 10 heteroatoms. The van der Waals surface area contributed by atoms with E-state index in [9.17, 15) is 22.7 Å². The molecule has 1 aromatic heterocycles. The molecule has 3 aromatic carbocycles. The lowest BCUT2D eigenvalue weighted by Crippen LogP contribution is -2.53. The minimum absolute atomic E-state index is 0.270. The number of alkyl halides is 4. The molecule has 0 spiro atoms. The monoisotopic (exact) mass is 526 g/mol. The van der Waals surface area contributed by atoms with E-state index in [4.69, 9.17) is 5.73 Å². The van der Waals surface area contributed by atoms with Gasteiger partial charge in [0.05, 0.1) is 23.1 Å². The van der Waals surface area contributed by atoms with E-state index < -0.39 is 30.2 Å². The van der Waals surface area contributed by atoms with Crippen LogP contribution in [0.2, 0.25) is 0 Å². The second kappa shape index (κ2) is 11.5. The first kappa shape index (κ1) is 26.9. The van der Waals surface area contributed by atoms with Crippen LogP contribution in [0.1, 0.15) is 16.8 Å². The zero-order valence-corrected chi connectivity index (χ0v) is 20.1. The molecule has 0 aliphatic carbocycles. The van der Waals surface area contributed by atoms with Crippen molar-refractivity contribution in [2.75, 3.05) is 11.1 Å². The maximum Gasteiger partial charge on any atom is 0.461 e. The zero-order chi connectivity index (χ0) is 27.2. The molecular formula is C28H26F4N4O2. The van der Waals surface area contributed by atoms with Crippen molar-refractivity contribution < 1.29 is 27.4 Å². The first-order valence-corrected chi connectivity index (χ1v) is 11.7. The van der Waals surface area contributed by atoms with Crippen LogP contribution in [0.5, 0.6) is 5.75 Å². The van der Waals surface area contributed by atoms with Gasteiger partial charge < -0.3 is 20.9 Å². The Bertz CT molecular complexity index is 1290. The maximum absolute atomic E-state index is 13.5. The second-order valence-electron chi connectivity index (χ2n) is 8.59. The molecule has 198 valence electrons. The highest BCUT2D eigenvalue weighted by atomic mass is 19.3. The summed E-state index contributed by atoms with van der Waals surface area (Å²) in [7, 11) is 0. The molecule has 1 unspecified atom stereocenters. The van der Waals surface area contributed by atoms with Crippen molar-refractivity contribution in [2.45, 2.75) is 30.8 Å². The van der Waals surface area contributed by atoms with Gasteiger partial charge in [0.2, 0.25) is 0 Å². The number of hydrogen-bond acceptors (Lipinski definition) is 6. The third-order valence-corrected chi connectivity index (χ3v) is 5.85. The highest BCUT2D eigenvalue weighted by Crippen LogP contribution is 2.35. The molecule has 0 saturated heterocycles. The average Bonchev–Trinajstić information content (AvgIpc) is 2.90. The lowest BCUT2D eigenvalue weighted by molar-refractivity contribution is -0.253. The number of para-hydroxylation sites is 1. The summed E-state index contributed by atoms with van der Waals surface area (Å²) in [5.74, 6) is -0.444. The molecule has 0 aliphatic heterocycles. The molecule has 0 radical (unpaired) electrons. The molecule has 0 saturated carbocycles. The van der Waals surface area contributed by atoms with Crippen molar-refractivity contribution in [2.24, 2.45) is 0 Å². The maximum atomic E-state index is 13.5. The number of rotatable bonds is 11. The fraction of sp³-hybridized carbons (Fsp3) is 0.179. The smallest absolute Gasteiger partial charge is 0.428 e. The van der Waals surface area contributed by atoms with Gasteiger partial charge in [0.15, 0.2) is 6.35 Å². The molecule has 0 fully saturated rings. The van der Waals surface area contributed by atoms with Crippen LogP contribution in [0, 0.1) is 0 Å². The van der Waals surface area contributed by atoms with Crippen LogP contribution in [-0.2, 0) is 12.0 Å². The number of pyridine rings is 1. The topological polar surface area (TPSA) is 92.4 Å². The van der Waals surface area contributed by atoms with Crippen LogP contribution >= 0.6 is 0 Å². The summed E-state index contributed by atoms with van der Waals surface area (Å²) >= 11 is 0. The number of hydrogen-bond donors (Lipinski definition) is 4. The number of aliphatic hydroxyl groups is 1. The Morgan fingerprint density at radius 1 is 0.868 bits per heavy atom. The third kappa shape index (κ3) is 6.39. The molecule has 2 atom stereocenters. The molecule has 0 bridgehead atoms. The van der Waals surface area contributed by atoms with Gasteiger partial charge >= 0.3 is 12.5 Å². The minimum atomic E-state index is -4.64. The van der Waals surface area contributed by atoms with Crippen molar-refractivity contribution in [3.8, 4) is 5.75 Å². The number of nitrogens with two attached hydrogens (primary N) is 1. The number of anilines is 2. The van der Waals surface area contributed by atoms with E-state index in [1.54, 1.807) is 24.3 Å². The van der Waals surface area contributed by atoms with Crippen molar-refractivity contribution in [1.82, 2.24) is 10.3 Å². The van der Waals surface area contributed by atoms with Crippen molar-refractivity contribution in [3.05, 3.63) is 120 Å². The first-order chi connectivity index (χ1) is 18.2. The molecule has 1 heterocycles. The summed E-state index contributed by atoms with van der Waals surface area (Å²) in [5, 5.41) is 17.3. The average molecular weight is 527 g/mol. The van der Waals surface area contributed by atoms with Crippen molar-refractivity contribution in [1.29, 1.82) is 0 Å². The van der Waals surface area contributed by atoms with Gasteiger partial charge in [-0.05, 0) is 47.5 Å². The summed E-state index contributed by atoms with van der Waals surface area (Å²) in [5.41, 5.74) is 7.55. The summed E-state index contributed by atoms with van der Waals surface area (Å²) in [6, 6.07) is 27.0. The molecule has 5 N–H and O–H groups in total. The number of nitrogen functional groups attached to an aromatic ring is 1. The summed E-state index contributed by atoms with van der Waals surface area (Å²) < 4.78 is 56.5. The molecule has 4 rings (SSSR count).